The van der Waals surface area contributed by atoms with Crippen molar-refractivity contribution in [2.24, 2.45) is 28.8 Å². The number of ether oxygens (including phenoxy) is 2. The first-order valence-electron chi connectivity index (χ1n) is 11.4. The highest BCUT2D eigenvalue weighted by atomic mass is 79.9. The molecule has 2 fully saturated rings. The van der Waals surface area contributed by atoms with Gasteiger partial charge in [0, 0.05) is 20.1 Å². The van der Waals surface area contributed by atoms with E-state index in [2.05, 4.69) is 55.7 Å². The zero-order valence-corrected chi connectivity index (χ0v) is 22.3. The summed E-state index contributed by atoms with van der Waals surface area (Å²) in [5.74, 6) is 0.523. The van der Waals surface area contributed by atoms with Gasteiger partial charge in [-0.2, -0.15) is 10.1 Å². The molecule has 3 aliphatic rings. The Labute approximate surface area is 220 Å². The fraction of sp³-hybridized carbons (Fsp3) is 0.296. The third kappa shape index (κ3) is 4.38. The quantitative estimate of drug-likeness (QED) is 0.223. The largest absolute Gasteiger partial charge is 0.493 e. The van der Waals surface area contributed by atoms with E-state index in [0.29, 0.717) is 30.1 Å². The van der Waals surface area contributed by atoms with E-state index in [1.54, 1.807) is 19.3 Å². The fourth-order valence-electron chi connectivity index (χ4n) is 5.29. The Morgan fingerprint density at radius 2 is 1.80 bits per heavy atom. The van der Waals surface area contributed by atoms with Gasteiger partial charge in [-0.15, -0.1) is 6.58 Å². The Morgan fingerprint density at radius 3 is 2.43 bits per heavy atom. The molecule has 180 valence electrons. The van der Waals surface area contributed by atoms with E-state index < -0.39 is 0 Å². The van der Waals surface area contributed by atoms with Crippen LogP contribution in [0.15, 0.2) is 69.2 Å². The second-order valence-corrected chi connectivity index (χ2v) is 10.7. The molecule has 1 saturated carbocycles. The average Bonchev–Trinajstić information content (AvgIpc) is 3.52. The molecule has 6 nitrogen and oxygen atoms in total. The van der Waals surface area contributed by atoms with Crippen LogP contribution < -0.4 is 9.47 Å². The Bertz CT molecular complexity index is 1240. The molecule has 0 spiro atoms. The van der Waals surface area contributed by atoms with Crippen molar-refractivity contribution >= 4 is 49.9 Å². The molecule has 1 heterocycles. The number of amides is 2. The van der Waals surface area contributed by atoms with Gasteiger partial charge in [0.05, 0.1) is 25.2 Å². The minimum absolute atomic E-state index is 0.156. The summed E-state index contributed by atoms with van der Waals surface area (Å²) in [6.07, 6.45) is 8.91. The molecule has 0 unspecified atom stereocenters. The third-order valence-corrected chi connectivity index (χ3v) is 8.13. The van der Waals surface area contributed by atoms with Crippen LogP contribution in [-0.2, 0) is 22.6 Å². The Balaban J connectivity index is 1.39. The first-order valence-corrected chi connectivity index (χ1v) is 13.0. The highest BCUT2D eigenvalue weighted by Gasteiger charge is 2.59. The van der Waals surface area contributed by atoms with Crippen molar-refractivity contribution in [3.05, 3.63) is 80.8 Å². The zero-order chi connectivity index (χ0) is 24.7. The standard InChI is InChI=1S/C27H24Br2N2O4/c1-3-4-18-9-15(10-22(34-2)25(18)35-14-19-7-8-20(28)12-21(19)29)13-30-31-26(32)23-16-5-6-17(11-16)24(23)27(31)33/h3,5-10,12-13,16-17,23-24H,1,4,11,14H2,2H3/t16-,17-,23-,24+/m0/s1. The van der Waals surface area contributed by atoms with E-state index >= 15 is 0 Å². The molecule has 1 saturated heterocycles. The van der Waals surface area contributed by atoms with Crippen LogP contribution in [0.25, 0.3) is 0 Å². The predicted molar refractivity (Wildman–Crippen MR) is 140 cm³/mol. The monoisotopic (exact) mass is 598 g/mol. The van der Waals surface area contributed by atoms with Gasteiger partial charge < -0.3 is 9.47 Å². The Morgan fingerprint density at radius 1 is 1.09 bits per heavy atom. The molecule has 8 heteroatoms. The molecule has 2 bridgehead atoms. The normalized spacial score (nSPS) is 24.5. The maximum atomic E-state index is 12.9. The lowest BCUT2D eigenvalue weighted by Crippen LogP contribution is -2.28. The summed E-state index contributed by atoms with van der Waals surface area (Å²) in [4.78, 5) is 25.8. The highest BCUT2D eigenvalue weighted by Crippen LogP contribution is 2.52. The molecular formula is C27H24Br2N2O4. The van der Waals surface area contributed by atoms with Crippen molar-refractivity contribution in [2.75, 3.05) is 7.11 Å². The van der Waals surface area contributed by atoms with Crippen LogP contribution in [-0.4, -0.2) is 30.1 Å². The number of nitrogens with zero attached hydrogens (tertiary/aromatic N) is 2. The Kier molecular flexibility index (Phi) is 6.68. The molecule has 0 N–H and O–H groups in total. The number of rotatable bonds is 8. The first-order chi connectivity index (χ1) is 16.9. The number of imide groups is 1. The maximum absolute atomic E-state index is 12.9. The van der Waals surface area contributed by atoms with E-state index in [-0.39, 0.29) is 35.5 Å². The molecule has 2 aromatic rings. The number of hydrogen-bond acceptors (Lipinski definition) is 5. The maximum Gasteiger partial charge on any atom is 0.254 e. The molecular weight excluding hydrogens is 576 g/mol. The number of carbonyl (C=O) groups is 2. The molecule has 2 aliphatic carbocycles. The van der Waals surface area contributed by atoms with E-state index in [9.17, 15) is 9.59 Å². The number of hydrazone groups is 1. The van der Waals surface area contributed by atoms with Crippen molar-refractivity contribution in [1.29, 1.82) is 0 Å². The number of halogens is 2. The molecule has 1 aliphatic heterocycles. The molecule has 2 aromatic carbocycles. The van der Waals surface area contributed by atoms with Gasteiger partial charge in [-0.1, -0.05) is 56.2 Å². The van der Waals surface area contributed by atoms with Gasteiger partial charge in [-0.25, -0.2) is 0 Å². The summed E-state index contributed by atoms with van der Waals surface area (Å²) >= 11 is 7.03. The van der Waals surface area contributed by atoms with E-state index in [4.69, 9.17) is 9.47 Å². The van der Waals surface area contributed by atoms with Gasteiger partial charge in [0.25, 0.3) is 11.8 Å². The van der Waals surface area contributed by atoms with Gasteiger partial charge >= 0.3 is 0 Å². The van der Waals surface area contributed by atoms with Gasteiger partial charge in [-0.3, -0.25) is 9.59 Å². The lowest BCUT2D eigenvalue weighted by Gasteiger charge is -2.17. The van der Waals surface area contributed by atoms with Crippen molar-refractivity contribution in [3.8, 4) is 11.5 Å². The van der Waals surface area contributed by atoms with Crippen LogP contribution in [0, 0.1) is 23.7 Å². The summed E-state index contributed by atoms with van der Waals surface area (Å²) in [6, 6.07) is 9.62. The number of benzene rings is 2. The number of hydrogen-bond donors (Lipinski definition) is 0. The summed E-state index contributed by atoms with van der Waals surface area (Å²) in [5.41, 5.74) is 2.56. The first kappa shape index (κ1) is 24.0. The van der Waals surface area contributed by atoms with Gasteiger partial charge in [-0.05, 0) is 54.5 Å². The van der Waals surface area contributed by atoms with Crippen LogP contribution in [0.4, 0.5) is 0 Å². The highest BCUT2D eigenvalue weighted by molar-refractivity contribution is 9.11. The molecule has 0 aromatic heterocycles. The Hall–Kier alpha value is -2.71. The lowest BCUT2D eigenvalue weighted by molar-refractivity contribution is -0.140. The molecule has 2 amide bonds. The topological polar surface area (TPSA) is 68.2 Å². The molecule has 35 heavy (non-hydrogen) atoms. The number of carbonyl (C=O) groups excluding carboxylic acids is 2. The van der Waals surface area contributed by atoms with Crippen molar-refractivity contribution in [1.82, 2.24) is 5.01 Å². The summed E-state index contributed by atoms with van der Waals surface area (Å²) in [7, 11) is 1.58. The van der Waals surface area contributed by atoms with Crippen molar-refractivity contribution in [2.45, 2.75) is 19.4 Å². The smallest absolute Gasteiger partial charge is 0.254 e. The lowest BCUT2D eigenvalue weighted by atomic mass is 9.85. The molecule has 5 rings (SSSR count). The number of methoxy groups -OCH3 is 1. The third-order valence-electron chi connectivity index (χ3n) is 6.89. The van der Waals surface area contributed by atoms with Crippen LogP contribution >= 0.6 is 31.9 Å². The zero-order valence-electron chi connectivity index (χ0n) is 19.1. The van der Waals surface area contributed by atoms with E-state index in [1.807, 2.05) is 24.3 Å². The number of fused-ring (bicyclic) bond motifs is 5. The van der Waals surface area contributed by atoms with Crippen LogP contribution in [0.3, 0.4) is 0 Å². The van der Waals surface area contributed by atoms with Crippen molar-refractivity contribution < 1.29 is 19.1 Å². The number of allylic oxidation sites excluding steroid dienone is 3. The minimum Gasteiger partial charge on any atom is -0.493 e. The van der Waals surface area contributed by atoms with E-state index in [0.717, 1.165) is 31.5 Å². The average molecular weight is 600 g/mol. The van der Waals surface area contributed by atoms with Crippen LogP contribution in [0.1, 0.15) is 23.1 Å². The van der Waals surface area contributed by atoms with Crippen LogP contribution in [0.5, 0.6) is 11.5 Å². The second-order valence-electron chi connectivity index (χ2n) is 8.96. The summed E-state index contributed by atoms with van der Waals surface area (Å²) < 4.78 is 13.7. The predicted octanol–water partition coefficient (Wildman–Crippen LogP) is 5.67. The van der Waals surface area contributed by atoms with Crippen LogP contribution in [0.2, 0.25) is 0 Å². The van der Waals surface area contributed by atoms with Gasteiger partial charge in [0.1, 0.15) is 6.61 Å². The van der Waals surface area contributed by atoms with E-state index in [1.165, 1.54) is 6.21 Å². The van der Waals surface area contributed by atoms with Gasteiger partial charge in [0.15, 0.2) is 11.5 Å². The molecule has 0 radical (unpaired) electrons. The second kappa shape index (κ2) is 9.74. The minimum atomic E-state index is -0.269. The SMILES string of the molecule is C=CCc1cc(C=NN2C(=O)[C@@H]3[C@H](C2=O)[C@H]2C=C[C@H]3C2)cc(OC)c1OCc1ccc(Br)cc1Br. The van der Waals surface area contributed by atoms with Crippen molar-refractivity contribution in [3.63, 3.8) is 0 Å². The molecule has 4 atom stereocenters. The summed E-state index contributed by atoms with van der Waals surface area (Å²) in [6.45, 7) is 4.20. The van der Waals surface area contributed by atoms with Gasteiger partial charge in [0.2, 0.25) is 0 Å². The fourth-order valence-corrected chi connectivity index (χ4v) is 6.46. The summed E-state index contributed by atoms with van der Waals surface area (Å²) in [5, 5.41) is 5.36.